The molecule has 1 atom stereocenters. The number of Topliss-reactive ketones (excluding diaryl/α,β-unsaturated/α-hetero) is 1. The van der Waals surface area contributed by atoms with Crippen LogP contribution in [0.3, 0.4) is 0 Å². The van der Waals surface area contributed by atoms with Gasteiger partial charge in [-0.3, -0.25) is 14.6 Å². The topological polar surface area (TPSA) is 79.7 Å². The Bertz CT molecular complexity index is 969. The van der Waals surface area contributed by atoms with E-state index < -0.39 is 17.7 Å². The second-order valence-electron chi connectivity index (χ2n) is 7.81. The van der Waals surface area contributed by atoms with Crippen LogP contribution in [0.5, 0.6) is 5.75 Å². The van der Waals surface area contributed by atoms with E-state index in [1.165, 1.54) is 0 Å². The Kier molecular flexibility index (Phi) is 7.45. The lowest BCUT2D eigenvalue weighted by Gasteiger charge is -2.25. The second kappa shape index (κ2) is 10.2. The number of pyridine rings is 1. The summed E-state index contributed by atoms with van der Waals surface area (Å²) in [4.78, 5) is 31.5. The molecular formula is C25H30N2O4. The van der Waals surface area contributed by atoms with Crippen LogP contribution in [-0.2, 0) is 9.59 Å². The van der Waals surface area contributed by atoms with E-state index in [4.69, 9.17) is 4.74 Å². The van der Waals surface area contributed by atoms with Crippen molar-refractivity contribution in [2.45, 2.75) is 52.5 Å². The number of likely N-dealkylation sites (tertiary alicyclic amines) is 1. The van der Waals surface area contributed by atoms with E-state index in [0.29, 0.717) is 18.7 Å². The first-order chi connectivity index (χ1) is 15.0. The number of aryl methyl sites for hydroxylation is 1. The Balaban J connectivity index is 2.05. The van der Waals surface area contributed by atoms with Crippen LogP contribution in [0.15, 0.2) is 48.3 Å². The highest BCUT2D eigenvalue weighted by atomic mass is 16.5. The molecule has 1 aliphatic heterocycles. The average molecular weight is 423 g/mol. The van der Waals surface area contributed by atoms with Crippen LogP contribution in [0.4, 0.5) is 0 Å². The number of ether oxygens (including phenoxy) is 1. The fourth-order valence-electron chi connectivity index (χ4n) is 3.86. The molecule has 31 heavy (non-hydrogen) atoms. The number of aliphatic hydroxyl groups excluding tert-OH is 1. The van der Waals surface area contributed by atoms with E-state index in [1.807, 2.05) is 13.8 Å². The lowest BCUT2D eigenvalue weighted by molar-refractivity contribution is -0.139. The third kappa shape index (κ3) is 4.79. The van der Waals surface area contributed by atoms with Gasteiger partial charge < -0.3 is 14.7 Å². The van der Waals surface area contributed by atoms with Gasteiger partial charge in [0.2, 0.25) is 0 Å². The van der Waals surface area contributed by atoms with Crippen molar-refractivity contribution in [3.63, 3.8) is 0 Å². The predicted octanol–water partition coefficient (Wildman–Crippen LogP) is 4.79. The van der Waals surface area contributed by atoms with Gasteiger partial charge in [-0.25, -0.2) is 0 Å². The molecule has 2 aromatic rings. The van der Waals surface area contributed by atoms with Crippen LogP contribution < -0.4 is 4.74 Å². The summed E-state index contributed by atoms with van der Waals surface area (Å²) in [5.41, 5.74) is 2.23. The first-order valence-electron chi connectivity index (χ1n) is 10.9. The highest BCUT2D eigenvalue weighted by molar-refractivity contribution is 6.46. The standard InChI is InChI=1S/C25H30N2O4/c1-4-6-7-14-27-22(18-10-12-26-13-11-18)21(24(29)25(27)30)23(28)19-8-9-20(17(3)16-19)31-15-5-2/h8-13,16,22,28H,4-7,14-15H2,1-3H3/b23-21-. The van der Waals surface area contributed by atoms with Crippen LogP contribution in [0.25, 0.3) is 5.76 Å². The number of benzene rings is 1. The molecule has 0 saturated carbocycles. The molecule has 2 heterocycles. The van der Waals surface area contributed by atoms with E-state index in [2.05, 4.69) is 11.9 Å². The molecule has 1 fully saturated rings. The monoisotopic (exact) mass is 422 g/mol. The maximum absolute atomic E-state index is 13.0. The van der Waals surface area contributed by atoms with Gasteiger partial charge in [0.25, 0.3) is 11.7 Å². The van der Waals surface area contributed by atoms with Gasteiger partial charge in [0.1, 0.15) is 11.5 Å². The first kappa shape index (κ1) is 22.5. The Morgan fingerprint density at radius 3 is 2.48 bits per heavy atom. The van der Waals surface area contributed by atoms with Crippen LogP contribution in [0.2, 0.25) is 0 Å². The van der Waals surface area contributed by atoms with E-state index in [9.17, 15) is 14.7 Å². The molecule has 164 valence electrons. The smallest absolute Gasteiger partial charge is 0.295 e. The summed E-state index contributed by atoms with van der Waals surface area (Å²) in [6.07, 6.45) is 6.93. The summed E-state index contributed by atoms with van der Waals surface area (Å²) in [5.74, 6) is -0.647. The molecule has 1 aromatic carbocycles. The zero-order valence-electron chi connectivity index (χ0n) is 18.4. The summed E-state index contributed by atoms with van der Waals surface area (Å²) in [6.45, 7) is 7.09. The van der Waals surface area contributed by atoms with Crippen LogP contribution in [-0.4, -0.2) is 39.8 Å². The molecule has 1 amide bonds. The van der Waals surface area contributed by atoms with Gasteiger partial charge in [-0.15, -0.1) is 0 Å². The van der Waals surface area contributed by atoms with Crippen molar-refractivity contribution in [1.29, 1.82) is 0 Å². The molecule has 1 N–H and O–H groups in total. The largest absolute Gasteiger partial charge is 0.507 e. The third-order valence-corrected chi connectivity index (χ3v) is 5.47. The molecule has 1 aliphatic rings. The lowest BCUT2D eigenvalue weighted by Crippen LogP contribution is -2.30. The molecule has 0 bridgehead atoms. The fraction of sp³-hybridized carbons (Fsp3) is 0.400. The minimum atomic E-state index is -0.653. The summed E-state index contributed by atoms with van der Waals surface area (Å²) < 4.78 is 5.71. The van der Waals surface area contributed by atoms with Crippen molar-refractivity contribution in [2.24, 2.45) is 0 Å². The molecule has 0 spiro atoms. The van der Waals surface area contributed by atoms with E-state index in [0.717, 1.165) is 42.6 Å². The number of rotatable bonds is 9. The van der Waals surface area contributed by atoms with Gasteiger partial charge in [0.15, 0.2) is 0 Å². The van der Waals surface area contributed by atoms with E-state index in [-0.39, 0.29) is 11.3 Å². The fourth-order valence-corrected chi connectivity index (χ4v) is 3.86. The molecule has 3 rings (SSSR count). The number of ketones is 1. The summed E-state index contributed by atoms with van der Waals surface area (Å²) in [6, 6.07) is 8.23. The van der Waals surface area contributed by atoms with Crippen LogP contribution in [0.1, 0.15) is 62.3 Å². The highest BCUT2D eigenvalue weighted by Crippen LogP contribution is 2.39. The number of amides is 1. The van der Waals surface area contributed by atoms with Crippen molar-refractivity contribution in [3.05, 3.63) is 65.0 Å². The predicted molar refractivity (Wildman–Crippen MR) is 120 cm³/mol. The van der Waals surface area contributed by atoms with Crippen molar-refractivity contribution in [3.8, 4) is 5.75 Å². The van der Waals surface area contributed by atoms with Crippen molar-refractivity contribution >= 4 is 17.4 Å². The Morgan fingerprint density at radius 1 is 1.10 bits per heavy atom. The number of aromatic nitrogens is 1. The van der Waals surface area contributed by atoms with Gasteiger partial charge in [-0.05, 0) is 61.2 Å². The first-order valence-corrected chi connectivity index (χ1v) is 10.9. The molecule has 1 aromatic heterocycles. The number of aliphatic hydroxyl groups is 1. The van der Waals surface area contributed by atoms with Gasteiger partial charge in [0.05, 0.1) is 18.2 Å². The average Bonchev–Trinajstić information content (AvgIpc) is 3.03. The minimum Gasteiger partial charge on any atom is -0.507 e. The zero-order valence-corrected chi connectivity index (χ0v) is 18.4. The van der Waals surface area contributed by atoms with Gasteiger partial charge in [0, 0.05) is 24.5 Å². The molecular weight excluding hydrogens is 392 g/mol. The van der Waals surface area contributed by atoms with Crippen molar-refractivity contribution in [2.75, 3.05) is 13.2 Å². The SMILES string of the molecule is CCCCCN1C(=O)C(=O)/C(=C(\O)c2ccc(OCCC)c(C)c2)C1c1ccncc1. The van der Waals surface area contributed by atoms with Crippen LogP contribution in [0, 0.1) is 6.92 Å². The molecule has 1 saturated heterocycles. The van der Waals surface area contributed by atoms with E-state index in [1.54, 1.807) is 47.6 Å². The maximum Gasteiger partial charge on any atom is 0.295 e. The van der Waals surface area contributed by atoms with Gasteiger partial charge in [-0.1, -0.05) is 26.7 Å². The number of nitrogens with zero attached hydrogens (tertiary/aromatic N) is 2. The second-order valence-corrected chi connectivity index (χ2v) is 7.81. The van der Waals surface area contributed by atoms with Crippen LogP contribution >= 0.6 is 0 Å². The van der Waals surface area contributed by atoms with Gasteiger partial charge in [-0.2, -0.15) is 0 Å². The Labute approximate surface area is 183 Å². The Morgan fingerprint density at radius 2 is 1.84 bits per heavy atom. The summed E-state index contributed by atoms with van der Waals surface area (Å²) in [7, 11) is 0. The summed E-state index contributed by atoms with van der Waals surface area (Å²) >= 11 is 0. The van der Waals surface area contributed by atoms with E-state index >= 15 is 0 Å². The molecule has 6 heteroatoms. The molecule has 1 unspecified atom stereocenters. The third-order valence-electron chi connectivity index (χ3n) is 5.47. The number of hydrogen-bond acceptors (Lipinski definition) is 5. The molecule has 0 aliphatic carbocycles. The number of carbonyl (C=O) groups is 2. The van der Waals surface area contributed by atoms with Crippen molar-refractivity contribution < 1.29 is 19.4 Å². The van der Waals surface area contributed by atoms with Crippen molar-refractivity contribution in [1.82, 2.24) is 9.88 Å². The molecule has 6 nitrogen and oxygen atoms in total. The zero-order chi connectivity index (χ0) is 22.4. The summed E-state index contributed by atoms with van der Waals surface area (Å²) in [5, 5.41) is 11.1. The number of unbranched alkanes of at least 4 members (excludes halogenated alkanes) is 2. The number of hydrogen-bond donors (Lipinski definition) is 1. The highest BCUT2D eigenvalue weighted by Gasteiger charge is 2.45. The van der Waals surface area contributed by atoms with Gasteiger partial charge >= 0.3 is 0 Å². The maximum atomic E-state index is 13.0. The quantitative estimate of drug-likeness (QED) is 0.272. The number of carbonyl (C=O) groups excluding carboxylic acids is 2. The molecule has 0 radical (unpaired) electrons. The normalized spacial score (nSPS) is 17.9. The lowest BCUT2D eigenvalue weighted by atomic mass is 9.95. The Hall–Kier alpha value is -3.15. The minimum absolute atomic E-state index is 0.120.